The van der Waals surface area contributed by atoms with Gasteiger partial charge in [0.05, 0.1) is 5.97 Å². The molecule has 0 saturated carbocycles. The van der Waals surface area contributed by atoms with Crippen molar-refractivity contribution >= 4 is 17.6 Å². The number of benzene rings is 1. The summed E-state index contributed by atoms with van der Waals surface area (Å²) in [6, 6.07) is 2.83. The van der Waals surface area contributed by atoms with E-state index in [9.17, 15) is 34.5 Å². The van der Waals surface area contributed by atoms with Crippen molar-refractivity contribution in [2.45, 2.75) is 0 Å². The van der Waals surface area contributed by atoms with E-state index in [-0.39, 0.29) is 64.8 Å². The molecule has 114 valence electrons. The van der Waals surface area contributed by atoms with Crippen molar-refractivity contribution in [3.8, 4) is 11.6 Å². The van der Waals surface area contributed by atoms with Gasteiger partial charge < -0.3 is 25.4 Å². The van der Waals surface area contributed by atoms with Gasteiger partial charge in [0, 0.05) is 5.69 Å². The Morgan fingerprint density at radius 1 is 1.12 bits per heavy atom. The van der Waals surface area contributed by atoms with E-state index in [0.29, 0.717) is 0 Å². The van der Waals surface area contributed by atoms with Crippen molar-refractivity contribution in [2.75, 3.05) is 5.32 Å². The summed E-state index contributed by atoms with van der Waals surface area (Å²) in [5, 5.41) is 33.5. The number of aromatic amines is 2. The molecule has 0 aliphatic heterocycles. The van der Waals surface area contributed by atoms with Gasteiger partial charge in [-0.3, -0.25) is 19.6 Å². The number of carbonyl (C=O) groups excluding carboxylic acids is 2. The fourth-order valence-electron chi connectivity index (χ4n) is 1.65. The Morgan fingerprint density at radius 2 is 1.75 bits per heavy atom. The molecule has 0 radical (unpaired) electrons. The number of hydrogen-bond acceptors (Lipinski definition) is 7. The van der Waals surface area contributed by atoms with Gasteiger partial charge in [0.2, 0.25) is 5.88 Å². The summed E-state index contributed by atoms with van der Waals surface area (Å²) in [5.74, 6) is -4.61. The van der Waals surface area contributed by atoms with Crippen LogP contribution in [0.5, 0.6) is 11.6 Å². The minimum absolute atomic E-state index is 0. The van der Waals surface area contributed by atoms with E-state index < -0.39 is 45.9 Å². The van der Waals surface area contributed by atoms with Crippen LogP contribution in [0.25, 0.3) is 0 Å². The molecule has 1 amide bonds. The van der Waals surface area contributed by atoms with E-state index in [2.05, 4.69) is 5.32 Å². The molecule has 1 aromatic carbocycles. The molecule has 0 saturated heterocycles. The SMILES string of the molecule is O=C([O-])c1cc(NC(=O)c2c(O)[nH]c(=O)[nH]c2=O)ccc1[O-].[Na+].[Na+]. The Bertz CT molecular complexity index is 891. The second-order valence-electron chi connectivity index (χ2n) is 4.08. The number of aromatic nitrogens is 2. The Kier molecular flexibility index (Phi) is 8.47. The predicted octanol–water partition coefficient (Wildman–Crippen LogP) is -8.53. The number of rotatable bonds is 3. The summed E-state index contributed by atoms with van der Waals surface area (Å²) in [4.78, 5) is 48.5. The van der Waals surface area contributed by atoms with Gasteiger partial charge >= 0.3 is 64.8 Å². The molecular weight excluding hydrogens is 344 g/mol. The number of carbonyl (C=O) groups is 2. The average molecular weight is 351 g/mol. The first-order chi connectivity index (χ1) is 10.3. The summed E-state index contributed by atoms with van der Waals surface area (Å²) in [7, 11) is 0. The summed E-state index contributed by atoms with van der Waals surface area (Å²) in [6.07, 6.45) is 0. The Balaban J connectivity index is 0.00000264. The molecule has 0 atom stereocenters. The number of amides is 1. The van der Waals surface area contributed by atoms with Crippen LogP contribution in [0.4, 0.5) is 5.69 Å². The fourth-order valence-corrected chi connectivity index (χ4v) is 1.65. The Morgan fingerprint density at radius 3 is 2.29 bits per heavy atom. The number of carboxylic acids is 1. The standard InChI is InChI=1S/C12H9N3O7.2Na/c16-6-2-1-4(3-5(6)11(20)21)13-8(17)7-9(18)14-12(22)15-10(7)19;;/h1-3,16H,(H,13,17)(H,20,21)(H3,14,15,18,19,22);;/q;2*+1/p-2. The fraction of sp³-hybridized carbons (Fsp3) is 0. The van der Waals surface area contributed by atoms with Crippen molar-refractivity contribution in [3.05, 3.63) is 50.2 Å². The third kappa shape index (κ3) is 4.97. The molecule has 1 aromatic heterocycles. The number of nitrogens with one attached hydrogen (secondary N) is 3. The van der Waals surface area contributed by atoms with Gasteiger partial charge in [-0.1, -0.05) is 11.8 Å². The van der Waals surface area contributed by atoms with Gasteiger partial charge in [0.1, 0.15) is 0 Å². The van der Waals surface area contributed by atoms with E-state index in [1.807, 2.05) is 4.98 Å². The first kappa shape index (κ1) is 22.4. The third-order valence-electron chi connectivity index (χ3n) is 2.61. The summed E-state index contributed by atoms with van der Waals surface area (Å²) in [5.41, 5.74) is -3.72. The molecule has 2 aromatic rings. The normalized spacial score (nSPS) is 9.33. The molecule has 0 spiro atoms. The second-order valence-corrected chi connectivity index (χ2v) is 4.08. The van der Waals surface area contributed by atoms with Gasteiger partial charge in [-0.2, -0.15) is 0 Å². The smallest absolute Gasteiger partial charge is 0.872 e. The molecule has 0 bridgehead atoms. The van der Waals surface area contributed by atoms with Gasteiger partial charge in [0.15, 0.2) is 5.56 Å². The molecular formula is C12H7N3Na2O7. The van der Waals surface area contributed by atoms with Gasteiger partial charge in [0.25, 0.3) is 11.5 Å². The van der Waals surface area contributed by atoms with Gasteiger partial charge in [-0.15, -0.1) is 0 Å². The number of hydrogen-bond donors (Lipinski definition) is 4. The molecule has 0 aliphatic carbocycles. The molecule has 10 nitrogen and oxygen atoms in total. The van der Waals surface area contributed by atoms with Crippen LogP contribution >= 0.6 is 0 Å². The molecule has 24 heavy (non-hydrogen) atoms. The van der Waals surface area contributed by atoms with Crippen LogP contribution in [-0.4, -0.2) is 27.0 Å². The zero-order valence-corrected chi connectivity index (χ0v) is 16.6. The van der Waals surface area contributed by atoms with Gasteiger partial charge in [-0.05, 0) is 17.7 Å². The molecule has 0 aliphatic rings. The third-order valence-corrected chi connectivity index (χ3v) is 2.61. The number of aromatic hydroxyl groups is 1. The topological polar surface area (TPSA) is 178 Å². The van der Waals surface area contributed by atoms with Crippen molar-refractivity contribution in [3.63, 3.8) is 0 Å². The van der Waals surface area contributed by atoms with Crippen molar-refractivity contribution in [2.24, 2.45) is 0 Å². The Labute approximate surface area is 177 Å². The van der Waals surface area contributed by atoms with E-state index in [4.69, 9.17) is 0 Å². The van der Waals surface area contributed by atoms with Crippen LogP contribution in [0.1, 0.15) is 20.7 Å². The van der Waals surface area contributed by atoms with E-state index in [0.717, 1.165) is 18.2 Å². The van der Waals surface area contributed by atoms with Crippen LogP contribution in [0.15, 0.2) is 27.8 Å². The monoisotopic (exact) mass is 351 g/mol. The van der Waals surface area contributed by atoms with Gasteiger partial charge in [-0.25, -0.2) is 4.79 Å². The van der Waals surface area contributed by atoms with Crippen molar-refractivity contribution in [1.29, 1.82) is 0 Å². The van der Waals surface area contributed by atoms with Crippen LogP contribution in [0.3, 0.4) is 0 Å². The number of carboxylic acid groups (broad SMARTS) is 1. The minimum Gasteiger partial charge on any atom is -0.872 e. The largest absolute Gasteiger partial charge is 1.00 e. The number of H-pyrrole nitrogens is 2. The van der Waals surface area contributed by atoms with Crippen LogP contribution in [0.2, 0.25) is 0 Å². The van der Waals surface area contributed by atoms with Crippen molar-refractivity contribution in [1.82, 2.24) is 9.97 Å². The van der Waals surface area contributed by atoms with Crippen molar-refractivity contribution < 1.29 is 84.0 Å². The maximum Gasteiger partial charge on any atom is 1.00 e. The molecule has 2 rings (SSSR count). The molecule has 0 fully saturated rings. The average Bonchev–Trinajstić information content (AvgIpc) is 2.39. The molecule has 1 heterocycles. The first-order valence-corrected chi connectivity index (χ1v) is 5.69. The number of anilines is 1. The van der Waals surface area contributed by atoms with E-state index in [1.54, 1.807) is 4.98 Å². The second kappa shape index (κ2) is 9.06. The summed E-state index contributed by atoms with van der Waals surface area (Å²) < 4.78 is 0. The first-order valence-electron chi connectivity index (χ1n) is 5.69. The van der Waals surface area contributed by atoms with E-state index >= 15 is 0 Å². The van der Waals surface area contributed by atoms with Crippen LogP contribution < -0.4 is 85.9 Å². The maximum absolute atomic E-state index is 11.9. The quantitative estimate of drug-likeness (QED) is 0.396. The van der Waals surface area contributed by atoms with Crippen LogP contribution in [-0.2, 0) is 0 Å². The molecule has 0 unspecified atom stereocenters. The summed E-state index contributed by atoms with van der Waals surface area (Å²) in [6.45, 7) is 0. The zero-order valence-electron chi connectivity index (χ0n) is 12.6. The summed E-state index contributed by atoms with van der Waals surface area (Å²) >= 11 is 0. The zero-order chi connectivity index (χ0) is 16.4. The molecule has 12 heteroatoms. The Hall–Kier alpha value is -1.56. The van der Waals surface area contributed by atoms with Crippen LogP contribution in [0, 0.1) is 0 Å². The number of aromatic carboxylic acids is 1. The maximum atomic E-state index is 11.9. The predicted molar refractivity (Wildman–Crippen MR) is 67.5 cm³/mol. The minimum atomic E-state index is -1.73. The molecule has 4 N–H and O–H groups in total. The van der Waals surface area contributed by atoms with E-state index in [1.165, 1.54) is 0 Å².